The third-order valence-electron chi connectivity index (χ3n) is 2.29. The highest BCUT2D eigenvalue weighted by atomic mass is 32.1. The Morgan fingerprint density at radius 1 is 1.44 bits per heavy atom. The van der Waals surface area contributed by atoms with Crippen molar-refractivity contribution in [2.75, 3.05) is 12.8 Å². The first-order valence-corrected chi connectivity index (χ1v) is 5.60. The van der Waals surface area contributed by atoms with Gasteiger partial charge in [0.2, 0.25) is 0 Å². The topological polar surface area (TPSA) is 65.2 Å². The molecule has 0 amide bonds. The molecule has 0 saturated carbocycles. The molecule has 1 heterocycles. The number of halogens is 2. The summed E-state index contributed by atoms with van der Waals surface area (Å²) in [4.78, 5) is 11.4. The number of carbonyl (C=O) groups is 1. The summed E-state index contributed by atoms with van der Waals surface area (Å²) >= 11 is 0.807. The number of aromatic nitrogens is 1. The number of anilines is 1. The first kappa shape index (κ1) is 12.4. The maximum Gasteiger partial charge on any atom is 0.351 e. The summed E-state index contributed by atoms with van der Waals surface area (Å²) in [5.41, 5.74) is 5.88. The molecule has 1 aromatic heterocycles. The Morgan fingerprint density at radius 3 is 2.78 bits per heavy atom. The second-order valence-corrected chi connectivity index (χ2v) is 4.16. The largest absolute Gasteiger partial charge is 0.465 e. The highest BCUT2D eigenvalue weighted by Gasteiger charge is 2.21. The number of hydrogen-bond donors (Lipinski definition) is 1. The van der Waals surface area contributed by atoms with Crippen molar-refractivity contribution in [1.29, 1.82) is 0 Å². The number of methoxy groups -OCH3 is 1. The summed E-state index contributed by atoms with van der Waals surface area (Å²) in [6.45, 7) is 0. The monoisotopic (exact) mass is 270 g/mol. The first-order valence-electron chi connectivity index (χ1n) is 4.83. The number of nitrogen functional groups attached to an aromatic ring is 1. The SMILES string of the molecule is COC(=O)c1snc(-c2ccc(F)cc2F)c1N. The van der Waals surface area contributed by atoms with E-state index in [1.807, 2.05) is 0 Å². The predicted octanol–water partition coefficient (Wildman–Crippen LogP) is 2.46. The average molecular weight is 270 g/mol. The van der Waals surface area contributed by atoms with E-state index < -0.39 is 17.6 Å². The second kappa shape index (κ2) is 4.69. The molecule has 0 unspecified atom stereocenters. The molecule has 0 radical (unpaired) electrons. The van der Waals surface area contributed by atoms with Crippen LogP contribution in [0.2, 0.25) is 0 Å². The lowest BCUT2D eigenvalue weighted by Crippen LogP contribution is -2.02. The molecule has 2 aromatic rings. The molecule has 2 N–H and O–H groups in total. The van der Waals surface area contributed by atoms with E-state index in [-0.39, 0.29) is 21.8 Å². The molecular weight excluding hydrogens is 262 g/mol. The van der Waals surface area contributed by atoms with E-state index in [0.717, 1.165) is 23.7 Å². The maximum absolute atomic E-state index is 13.6. The van der Waals surface area contributed by atoms with E-state index in [1.54, 1.807) is 0 Å². The fourth-order valence-corrected chi connectivity index (χ4v) is 2.15. The second-order valence-electron chi connectivity index (χ2n) is 3.39. The van der Waals surface area contributed by atoms with Crippen molar-refractivity contribution in [3.8, 4) is 11.3 Å². The Hall–Kier alpha value is -2.02. The number of benzene rings is 1. The molecule has 1 aromatic carbocycles. The number of nitrogens with two attached hydrogens (primary N) is 1. The summed E-state index contributed by atoms with van der Waals surface area (Å²) in [6.07, 6.45) is 0. The lowest BCUT2D eigenvalue weighted by Gasteiger charge is -2.01. The summed E-state index contributed by atoms with van der Waals surface area (Å²) in [5.74, 6) is -2.12. The van der Waals surface area contributed by atoms with Crippen molar-refractivity contribution in [1.82, 2.24) is 4.37 Å². The molecule has 0 aliphatic carbocycles. The third-order valence-corrected chi connectivity index (χ3v) is 3.13. The van der Waals surface area contributed by atoms with Gasteiger partial charge in [0.05, 0.1) is 12.8 Å². The quantitative estimate of drug-likeness (QED) is 0.851. The van der Waals surface area contributed by atoms with Crippen molar-refractivity contribution in [3.05, 3.63) is 34.7 Å². The number of ether oxygens (including phenoxy) is 1. The Balaban J connectivity index is 2.52. The maximum atomic E-state index is 13.6. The first-order chi connectivity index (χ1) is 8.54. The number of carbonyl (C=O) groups excluding carboxylic acids is 1. The molecule has 2 rings (SSSR count). The van der Waals surface area contributed by atoms with Gasteiger partial charge in [0.15, 0.2) is 4.88 Å². The van der Waals surface area contributed by atoms with Gasteiger partial charge in [-0.3, -0.25) is 0 Å². The standard InChI is InChI=1S/C11H8F2N2O2S/c1-17-11(16)10-8(14)9(15-18-10)6-3-2-5(12)4-7(6)13/h2-4H,14H2,1H3. The van der Waals surface area contributed by atoms with Crippen LogP contribution in [0.15, 0.2) is 18.2 Å². The number of hydrogen-bond acceptors (Lipinski definition) is 5. The molecule has 4 nitrogen and oxygen atoms in total. The molecule has 0 aliphatic heterocycles. The number of nitrogens with zero attached hydrogens (tertiary/aromatic N) is 1. The fraction of sp³-hybridized carbons (Fsp3) is 0.0909. The van der Waals surface area contributed by atoms with Gasteiger partial charge in [0.1, 0.15) is 17.3 Å². The van der Waals surface area contributed by atoms with Gasteiger partial charge in [0, 0.05) is 11.6 Å². The smallest absolute Gasteiger partial charge is 0.351 e. The highest BCUT2D eigenvalue weighted by molar-refractivity contribution is 7.09. The molecule has 7 heteroatoms. The zero-order valence-corrected chi connectivity index (χ0v) is 10.1. The fourth-order valence-electron chi connectivity index (χ4n) is 1.41. The molecule has 0 fully saturated rings. The van der Waals surface area contributed by atoms with Gasteiger partial charge < -0.3 is 10.5 Å². The Bertz CT molecular complexity index is 613. The highest BCUT2D eigenvalue weighted by Crippen LogP contribution is 2.32. The molecule has 0 bridgehead atoms. The van der Waals surface area contributed by atoms with Crippen LogP contribution in [0, 0.1) is 11.6 Å². The van der Waals surface area contributed by atoms with E-state index in [2.05, 4.69) is 9.11 Å². The van der Waals surface area contributed by atoms with Crippen LogP contribution in [0.25, 0.3) is 11.3 Å². The Labute approximate surface area is 105 Å². The molecule has 18 heavy (non-hydrogen) atoms. The van der Waals surface area contributed by atoms with Crippen LogP contribution in [-0.4, -0.2) is 17.5 Å². The zero-order valence-electron chi connectivity index (χ0n) is 9.24. The minimum Gasteiger partial charge on any atom is -0.465 e. The summed E-state index contributed by atoms with van der Waals surface area (Å²) < 4.78 is 34.8. The van der Waals surface area contributed by atoms with E-state index >= 15 is 0 Å². The van der Waals surface area contributed by atoms with Crippen molar-refractivity contribution in [2.45, 2.75) is 0 Å². The van der Waals surface area contributed by atoms with Crippen LogP contribution in [0.5, 0.6) is 0 Å². The molecule has 0 saturated heterocycles. The number of rotatable bonds is 2. The Morgan fingerprint density at radius 2 is 2.17 bits per heavy atom. The minimum absolute atomic E-state index is 0.0253. The van der Waals surface area contributed by atoms with Crippen LogP contribution in [0.1, 0.15) is 9.67 Å². The van der Waals surface area contributed by atoms with Gasteiger partial charge in [-0.1, -0.05) is 0 Å². The lowest BCUT2D eigenvalue weighted by atomic mass is 10.1. The van der Waals surface area contributed by atoms with E-state index in [9.17, 15) is 13.6 Å². The van der Waals surface area contributed by atoms with Gasteiger partial charge in [-0.25, -0.2) is 13.6 Å². The average Bonchev–Trinajstić information content (AvgIpc) is 2.70. The van der Waals surface area contributed by atoms with E-state index in [1.165, 1.54) is 13.2 Å². The van der Waals surface area contributed by atoms with Crippen LogP contribution < -0.4 is 5.73 Å². The van der Waals surface area contributed by atoms with Crippen LogP contribution in [-0.2, 0) is 4.74 Å². The van der Waals surface area contributed by atoms with Gasteiger partial charge in [0.25, 0.3) is 0 Å². The van der Waals surface area contributed by atoms with Crippen molar-refractivity contribution < 1.29 is 18.3 Å². The van der Waals surface area contributed by atoms with Crippen LogP contribution in [0.3, 0.4) is 0 Å². The third kappa shape index (κ3) is 2.04. The van der Waals surface area contributed by atoms with Gasteiger partial charge in [-0.15, -0.1) is 0 Å². The van der Waals surface area contributed by atoms with Crippen LogP contribution >= 0.6 is 11.5 Å². The lowest BCUT2D eigenvalue weighted by molar-refractivity contribution is 0.0607. The normalized spacial score (nSPS) is 10.4. The van der Waals surface area contributed by atoms with E-state index in [0.29, 0.717) is 0 Å². The Kier molecular flexibility index (Phi) is 3.24. The summed E-state index contributed by atoms with van der Waals surface area (Å²) in [5, 5.41) is 0. The predicted molar refractivity (Wildman–Crippen MR) is 63.2 cm³/mol. The summed E-state index contributed by atoms with van der Waals surface area (Å²) in [7, 11) is 1.21. The molecule has 0 spiro atoms. The van der Waals surface area contributed by atoms with Gasteiger partial charge in [-0.05, 0) is 23.7 Å². The van der Waals surface area contributed by atoms with E-state index in [4.69, 9.17) is 5.73 Å². The van der Waals surface area contributed by atoms with Gasteiger partial charge >= 0.3 is 5.97 Å². The van der Waals surface area contributed by atoms with Gasteiger partial charge in [-0.2, -0.15) is 4.37 Å². The number of esters is 1. The molecule has 94 valence electrons. The minimum atomic E-state index is -0.789. The van der Waals surface area contributed by atoms with Crippen LogP contribution in [0.4, 0.5) is 14.5 Å². The molecular formula is C11H8F2N2O2S. The van der Waals surface area contributed by atoms with Crippen molar-refractivity contribution in [3.63, 3.8) is 0 Å². The van der Waals surface area contributed by atoms with Crippen molar-refractivity contribution in [2.24, 2.45) is 0 Å². The van der Waals surface area contributed by atoms with Crippen molar-refractivity contribution >= 4 is 23.2 Å². The zero-order chi connectivity index (χ0) is 13.3. The molecule has 0 aliphatic rings. The molecule has 0 atom stereocenters. The summed E-state index contributed by atoms with van der Waals surface area (Å²) in [6, 6.07) is 3.04.